The van der Waals surface area contributed by atoms with Crippen LogP contribution in [0.15, 0.2) is 48.5 Å². The minimum absolute atomic E-state index is 0.306. The summed E-state index contributed by atoms with van der Waals surface area (Å²) in [5.74, 6) is 0.764. The molecule has 0 saturated heterocycles. The molecule has 2 aromatic rings. The second-order valence-electron chi connectivity index (χ2n) is 5.88. The van der Waals surface area contributed by atoms with Crippen LogP contribution in [-0.4, -0.2) is 12.6 Å². The van der Waals surface area contributed by atoms with Crippen LogP contribution in [0.2, 0.25) is 5.02 Å². The summed E-state index contributed by atoms with van der Waals surface area (Å²) < 4.78 is 5.75. The van der Waals surface area contributed by atoms with Crippen molar-refractivity contribution in [1.29, 1.82) is 0 Å². The average Bonchev–Trinajstić information content (AvgIpc) is 2.60. The molecule has 0 aliphatic carbocycles. The van der Waals surface area contributed by atoms with E-state index in [1.807, 2.05) is 24.3 Å². The summed E-state index contributed by atoms with van der Waals surface area (Å²) >= 11 is 5.83. The summed E-state index contributed by atoms with van der Waals surface area (Å²) in [6.07, 6.45) is 6.02. The first kappa shape index (κ1) is 19.1. The molecule has 134 valence electrons. The van der Waals surface area contributed by atoms with Crippen molar-refractivity contribution in [3.63, 3.8) is 0 Å². The van der Waals surface area contributed by atoms with Crippen molar-refractivity contribution in [3.8, 4) is 5.75 Å². The first-order valence-electron chi connectivity index (χ1n) is 8.74. The number of rotatable bonds is 9. The Hall–Kier alpha value is -2.20. The number of nitrogens with one attached hydrogen (secondary N) is 2. The molecule has 25 heavy (non-hydrogen) atoms. The summed E-state index contributed by atoms with van der Waals surface area (Å²) in [5.41, 5.74) is 1.37. The first-order valence-corrected chi connectivity index (χ1v) is 9.11. The summed E-state index contributed by atoms with van der Waals surface area (Å²) in [5, 5.41) is 6.19. The molecule has 0 radical (unpaired) electrons. The van der Waals surface area contributed by atoms with E-state index in [0.717, 1.165) is 12.2 Å². The molecular formula is C20H25ClN2O2. The molecule has 5 heteroatoms. The minimum atomic E-state index is -0.306. The van der Waals surface area contributed by atoms with Crippen LogP contribution in [0, 0.1) is 0 Å². The van der Waals surface area contributed by atoms with Crippen LogP contribution in [0.25, 0.3) is 0 Å². The average molecular weight is 361 g/mol. The lowest BCUT2D eigenvalue weighted by molar-refractivity contribution is 0.262. The third-order valence-corrected chi connectivity index (χ3v) is 3.96. The fourth-order valence-corrected chi connectivity index (χ4v) is 2.51. The van der Waals surface area contributed by atoms with E-state index in [1.165, 1.54) is 25.7 Å². The number of ether oxygens (including phenoxy) is 1. The molecule has 0 aliphatic rings. The molecule has 0 unspecified atom stereocenters. The molecule has 0 fully saturated rings. The molecule has 0 heterocycles. The zero-order chi connectivity index (χ0) is 17.9. The molecule has 0 aliphatic heterocycles. The van der Waals surface area contributed by atoms with Crippen molar-refractivity contribution in [2.45, 2.75) is 39.0 Å². The van der Waals surface area contributed by atoms with E-state index >= 15 is 0 Å². The van der Waals surface area contributed by atoms with Gasteiger partial charge in [0.1, 0.15) is 5.75 Å². The number of halogens is 1. The fourth-order valence-electron chi connectivity index (χ4n) is 2.39. The Morgan fingerprint density at radius 1 is 0.960 bits per heavy atom. The monoisotopic (exact) mass is 360 g/mol. The molecule has 0 bridgehead atoms. The number of urea groups is 1. The van der Waals surface area contributed by atoms with E-state index in [0.29, 0.717) is 23.0 Å². The number of hydrogen-bond donors (Lipinski definition) is 2. The molecule has 4 nitrogen and oxygen atoms in total. The van der Waals surface area contributed by atoms with Crippen LogP contribution >= 0.6 is 11.6 Å². The van der Waals surface area contributed by atoms with Gasteiger partial charge in [-0.2, -0.15) is 0 Å². The van der Waals surface area contributed by atoms with Crippen molar-refractivity contribution in [1.82, 2.24) is 0 Å². The molecule has 0 saturated carbocycles. The maximum Gasteiger partial charge on any atom is 0.323 e. The van der Waals surface area contributed by atoms with Crippen LogP contribution in [0.4, 0.5) is 16.2 Å². The van der Waals surface area contributed by atoms with Crippen LogP contribution < -0.4 is 15.4 Å². The highest BCUT2D eigenvalue weighted by molar-refractivity contribution is 6.30. The number of carbonyl (C=O) groups excluding carboxylic acids is 1. The Morgan fingerprint density at radius 2 is 1.68 bits per heavy atom. The molecule has 0 aromatic heterocycles. The van der Waals surface area contributed by atoms with Crippen LogP contribution in [0.1, 0.15) is 39.0 Å². The van der Waals surface area contributed by atoms with Gasteiger partial charge < -0.3 is 15.4 Å². The topological polar surface area (TPSA) is 50.4 Å². The van der Waals surface area contributed by atoms with Gasteiger partial charge in [0.25, 0.3) is 0 Å². The minimum Gasteiger partial charge on any atom is -0.494 e. The van der Waals surface area contributed by atoms with Gasteiger partial charge in [0, 0.05) is 22.5 Å². The second kappa shape index (κ2) is 10.6. The van der Waals surface area contributed by atoms with E-state index in [9.17, 15) is 4.79 Å². The van der Waals surface area contributed by atoms with E-state index in [1.54, 1.807) is 24.3 Å². The van der Waals surface area contributed by atoms with Gasteiger partial charge in [-0.15, -0.1) is 0 Å². The molecule has 2 rings (SSSR count). The van der Waals surface area contributed by atoms with Crippen LogP contribution in [0.3, 0.4) is 0 Å². The molecule has 2 amide bonds. The van der Waals surface area contributed by atoms with Crippen molar-refractivity contribution < 1.29 is 9.53 Å². The third kappa shape index (κ3) is 7.48. The van der Waals surface area contributed by atoms with Gasteiger partial charge in [-0.05, 0) is 42.8 Å². The largest absolute Gasteiger partial charge is 0.494 e. The lowest BCUT2D eigenvalue weighted by atomic mass is 10.2. The maximum absolute atomic E-state index is 12.0. The lowest BCUT2D eigenvalue weighted by Crippen LogP contribution is -2.19. The standard InChI is InChI=1S/C20H25ClN2O2/c1-2-3-4-5-6-14-25-19-9-7-8-18(15-19)23-20(24)22-17-12-10-16(21)11-13-17/h7-13,15H,2-6,14H2,1H3,(H2,22,23,24). The van der Waals surface area contributed by atoms with Crippen molar-refractivity contribution in [3.05, 3.63) is 53.6 Å². The molecule has 0 atom stereocenters. The van der Waals surface area contributed by atoms with E-state index in [-0.39, 0.29) is 6.03 Å². The highest BCUT2D eigenvalue weighted by Gasteiger charge is 2.04. The summed E-state index contributed by atoms with van der Waals surface area (Å²) in [6.45, 7) is 2.90. The second-order valence-corrected chi connectivity index (χ2v) is 6.31. The first-order chi connectivity index (χ1) is 12.2. The number of hydrogen-bond acceptors (Lipinski definition) is 2. The Balaban J connectivity index is 1.78. The highest BCUT2D eigenvalue weighted by Crippen LogP contribution is 2.19. The zero-order valence-corrected chi connectivity index (χ0v) is 15.3. The van der Waals surface area contributed by atoms with Crippen LogP contribution in [0.5, 0.6) is 5.75 Å². The number of amides is 2. The maximum atomic E-state index is 12.0. The quantitative estimate of drug-likeness (QED) is 0.513. The normalized spacial score (nSPS) is 10.3. The van der Waals surface area contributed by atoms with E-state index in [4.69, 9.17) is 16.3 Å². The third-order valence-electron chi connectivity index (χ3n) is 3.71. The SMILES string of the molecule is CCCCCCCOc1cccc(NC(=O)Nc2ccc(Cl)cc2)c1. The Labute approximate surface area is 154 Å². The summed E-state index contributed by atoms with van der Waals surface area (Å²) in [7, 11) is 0. The van der Waals surface area contributed by atoms with Crippen molar-refractivity contribution in [2.75, 3.05) is 17.2 Å². The van der Waals surface area contributed by atoms with Gasteiger partial charge in [-0.3, -0.25) is 0 Å². The summed E-state index contributed by atoms with van der Waals surface area (Å²) in [4.78, 5) is 12.0. The Morgan fingerprint density at radius 3 is 2.44 bits per heavy atom. The smallest absolute Gasteiger partial charge is 0.323 e. The molecule has 2 aromatic carbocycles. The van der Waals surface area contributed by atoms with Gasteiger partial charge in [0.2, 0.25) is 0 Å². The molecular weight excluding hydrogens is 336 g/mol. The number of unbranched alkanes of at least 4 members (excludes halogenated alkanes) is 4. The van der Waals surface area contributed by atoms with E-state index in [2.05, 4.69) is 17.6 Å². The number of benzene rings is 2. The van der Waals surface area contributed by atoms with Crippen molar-refractivity contribution in [2.24, 2.45) is 0 Å². The van der Waals surface area contributed by atoms with Gasteiger partial charge in [-0.25, -0.2) is 4.79 Å². The lowest BCUT2D eigenvalue weighted by Gasteiger charge is -2.10. The highest BCUT2D eigenvalue weighted by atomic mass is 35.5. The van der Waals surface area contributed by atoms with Gasteiger partial charge >= 0.3 is 6.03 Å². The van der Waals surface area contributed by atoms with Crippen molar-refractivity contribution >= 4 is 29.0 Å². The molecule has 2 N–H and O–H groups in total. The van der Waals surface area contributed by atoms with E-state index < -0.39 is 0 Å². The van der Waals surface area contributed by atoms with Gasteiger partial charge in [0.15, 0.2) is 0 Å². The van der Waals surface area contributed by atoms with Gasteiger partial charge in [0.05, 0.1) is 6.61 Å². The number of anilines is 2. The van der Waals surface area contributed by atoms with Crippen LogP contribution in [-0.2, 0) is 0 Å². The Bertz CT molecular complexity index is 659. The Kier molecular flexibility index (Phi) is 8.13. The molecule has 0 spiro atoms. The predicted molar refractivity (Wildman–Crippen MR) is 105 cm³/mol. The van der Waals surface area contributed by atoms with Gasteiger partial charge in [-0.1, -0.05) is 50.3 Å². The zero-order valence-electron chi connectivity index (χ0n) is 14.6. The fraction of sp³-hybridized carbons (Fsp3) is 0.350. The predicted octanol–water partition coefficient (Wildman–Crippen LogP) is 6.33. The summed E-state index contributed by atoms with van der Waals surface area (Å²) in [6, 6.07) is 14.1. The number of carbonyl (C=O) groups is 1.